The molecule has 1 heterocycles. The molecule has 0 unspecified atom stereocenters. The van der Waals surface area contributed by atoms with Gasteiger partial charge in [-0.25, -0.2) is 5.84 Å². The number of hydrogen-bond acceptors (Lipinski definition) is 5. The summed E-state index contributed by atoms with van der Waals surface area (Å²) in [6.45, 7) is 3.62. The summed E-state index contributed by atoms with van der Waals surface area (Å²) in [6, 6.07) is 3.28. The standard InChI is InChI=1S/C13H22N4O3/c1-4-7-17(9-12(18)16(2)3)8-10-5-6-11(20-10)13(19)15-14/h5-6H,4,7-9,14H2,1-3H3,(H,15,19). The number of hydrogen-bond donors (Lipinski definition) is 2. The Morgan fingerprint density at radius 2 is 2.05 bits per heavy atom. The molecule has 0 bridgehead atoms. The summed E-state index contributed by atoms with van der Waals surface area (Å²) >= 11 is 0. The van der Waals surface area contributed by atoms with Crippen LogP contribution in [0.1, 0.15) is 29.7 Å². The molecular formula is C13H22N4O3. The zero-order valence-corrected chi connectivity index (χ0v) is 12.2. The molecule has 0 saturated carbocycles. The molecule has 0 aliphatic rings. The lowest BCUT2D eigenvalue weighted by molar-refractivity contribution is -0.130. The SMILES string of the molecule is CCCN(CC(=O)N(C)C)Cc1ccc(C(=O)NN)o1. The van der Waals surface area contributed by atoms with Gasteiger partial charge in [-0.05, 0) is 25.1 Å². The number of hydrazine groups is 1. The molecule has 0 spiro atoms. The van der Waals surface area contributed by atoms with E-state index in [-0.39, 0.29) is 11.7 Å². The van der Waals surface area contributed by atoms with Crippen molar-refractivity contribution >= 4 is 11.8 Å². The zero-order valence-electron chi connectivity index (χ0n) is 12.2. The molecule has 112 valence electrons. The molecule has 0 aliphatic heterocycles. The highest BCUT2D eigenvalue weighted by Crippen LogP contribution is 2.11. The van der Waals surface area contributed by atoms with Gasteiger partial charge in [-0.1, -0.05) is 6.92 Å². The fourth-order valence-electron chi connectivity index (χ4n) is 1.74. The Hall–Kier alpha value is -1.86. The van der Waals surface area contributed by atoms with Gasteiger partial charge in [-0.3, -0.25) is 19.9 Å². The highest BCUT2D eigenvalue weighted by atomic mass is 16.4. The van der Waals surface area contributed by atoms with Crippen molar-refractivity contribution in [1.82, 2.24) is 15.2 Å². The summed E-state index contributed by atoms with van der Waals surface area (Å²) < 4.78 is 5.40. The van der Waals surface area contributed by atoms with Crippen LogP contribution in [0, 0.1) is 0 Å². The van der Waals surface area contributed by atoms with Crippen molar-refractivity contribution in [3.63, 3.8) is 0 Å². The van der Waals surface area contributed by atoms with Crippen LogP contribution in [0.5, 0.6) is 0 Å². The Morgan fingerprint density at radius 1 is 1.35 bits per heavy atom. The average Bonchev–Trinajstić information content (AvgIpc) is 2.86. The first kappa shape index (κ1) is 16.2. The summed E-state index contributed by atoms with van der Waals surface area (Å²) in [5.74, 6) is 5.40. The van der Waals surface area contributed by atoms with Gasteiger partial charge in [0, 0.05) is 14.1 Å². The molecule has 0 aliphatic carbocycles. The molecule has 0 saturated heterocycles. The minimum atomic E-state index is -0.470. The highest BCUT2D eigenvalue weighted by molar-refractivity contribution is 5.90. The fourth-order valence-corrected chi connectivity index (χ4v) is 1.74. The number of nitrogen functional groups attached to an aromatic ring is 1. The van der Waals surface area contributed by atoms with Crippen molar-refractivity contribution in [2.75, 3.05) is 27.2 Å². The second-order valence-electron chi connectivity index (χ2n) is 4.74. The van der Waals surface area contributed by atoms with Crippen LogP contribution in [0.15, 0.2) is 16.5 Å². The van der Waals surface area contributed by atoms with Crippen LogP contribution in [0.2, 0.25) is 0 Å². The minimum Gasteiger partial charge on any atom is -0.455 e. The van der Waals surface area contributed by atoms with Crippen molar-refractivity contribution in [3.05, 3.63) is 23.7 Å². The molecule has 0 aromatic carbocycles. The molecule has 0 fully saturated rings. The molecule has 2 amide bonds. The topological polar surface area (TPSA) is 91.8 Å². The summed E-state index contributed by atoms with van der Waals surface area (Å²) in [6.07, 6.45) is 0.928. The van der Waals surface area contributed by atoms with Gasteiger partial charge >= 0.3 is 5.91 Å². The number of furan rings is 1. The third-order valence-electron chi connectivity index (χ3n) is 2.79. The number of nitrogens with zero attached hydrogens (tertiary/aromatic N) is 2. The number of carbonyl (C=O) groups excluding carboxylic acids is 2. The number of likely N-dealkylation sites (N-methyl/N-ethyl adjacent to an activating group) is 1. The molecule has 0 atom stereocenters. The van der Waals surface area contributed by atoms with Gasteiger partial charge in [-0.15, -0.1) is 0 Å². The second-order valence-corrected chi connectivity index (χ2v) is 4.74. The van der Waals surface area contributed by atoms with Crippen LogP contribution in [-0.2, 0) is 11.3 Å². The van der Waals surface area contributed by atoms with Gasteiger partial charge in [-0.2, -0.15) is 0 Å². The third kappa shape index (κ3) is 4.67. The Kier molecular flexibility index (Phi) is 6.20. The molecule has 20 heavy (non-hydrogen) atoms. The largest absolute Gasteiger partial charge is 0.455 e. The van der Waals surface area contributed by atoms with Crippen LogP contribution in [0.25, 0.3) is 0 Å². The molecule has 7 nitrogen and oxygen atoms in total. The normalized spacial score (nSPS) is 10.7. The van der Waals surface area contributed by atoms with E-state index < -0.39 is 5.91 Å². The molecule has 3 N–H and O–H groups in total. The highest BCUT2D eigenvalue weighted by Gasteiger charge is 2.15. The predicted octanol–water partition coefficient (Wildman–Crippen LogP) is 0.183. The number of rotatable bonds is 7. The molecule has 1 aromatic heterocycles. The van der Waals surface area contributed by atoms with Crippen LogP contribution in [-0.4, -0.2) is 48.8 Å². The Balaban J connectivity index is 2.67. The van der Waals surface area contributed by atoms with Gasteiger partial charge in [0.2, 0.25) is 5.91 Å². The molecule has 1 rings (SSSR count). The van der Waals surface area contributed by atoms with E-state index in [9.17, 15) is 9.59 Å². The van der Waals surface area contributed by atoms with E-state index in [1.807, 2.05) is 17.2 Å². The monoisotopic (exact) mass is 282 g/mol. The molecule has 0 radical (unpaired) electrons. The first-order valence-corrected chi connectivity index (χ1v) is 6.50. The average molecular weight is 282 g/mol. The lowest BCUT2D eigenvalue weighted by Crippen LogP contribution is -2.36. The Labute approximate surface area is 118 Å². The smallest absolute Gasteiger partial charge is 0.300 e. The molecular weight excluding hydrogens is 260 g/mol. The number of nitrogens with two attached hydrogens (primary N) is 1. The predicted molar refractivity (Wildman–Crippen MR) is 74.6 cm³/mol. The maximum Gasteiger partial charge on any atom is 0.300 e. The number of carbonyl (C=O) groups is 2. The van der Waals surface area contributed by atoms with Crippen molar-refractivity contribution < 1.29 is 14.0 Å². The van der Waals surface area contributed by atoms with E-state index in [1.165, 1.54) is 0 Å². The second kappa shape index (κ2) is 7.66. The summed E-state index contributed by atoms with van der Waals surface area (Å²) in [7, 11) is 3.45. The van der Waals surface area contributed by atoms with Crippen LogP contribution in [0.3, 0.4) is 0 Å². The first-order valence-electron chi connectivity index (χ1n) is 6.50. The van der Waals surface area contributed by atoms with Crippen LogP contribution >= 0.6 is 0 Å². The van der Waals surface area contributed by atoms with Crippen molar-refractivity contribution in [3.8, 4) is 0 Å². The van der Waals surface area contributed by atoms with Gasteiger partial charge in [0.25, 0.3) is 0 Å². The Morgan fingerprint density at radius 3 is 2.60 bits per heavy atom. The van der Waals surface area contributed by atoms with Crippen molar-refractivity contribution in [1.29, 1.82) is 0 Å². The lowest BCUT2D eigenvalue weighted by Gasteiger charge is -2.21. The molecule has 1 aromatic rings. The van der Waals surface area contributed by atoms with Crippen LogP contribution < -0.4 is 11.3 Å². The summed E-state index contributed by atoms with van der Waals surface area (Å²) in [4.78, 5) is 26.6. The summed E-state index contributed by atoms with van der Waals surface area (Å²) in [5, 5.41) is 0. The minimum absolute atomic E-state index is 0.0323. The van der Waals surface area contributed by atoms with E-state index in [2.05, 4.69) is 0 Å². The van der Waals surface area contributed by atoms with Gasteiger partial charge in [0.15, 0.2) is 5.76 Å². The quantitative estimate of drug-likeness (QED) is 0.423. The maximum atomic E-state index is 11.8. The van der Waals surface area contributed by atoms with E-state index in [0.29, 0.717) is 18.8 Å². The number of nitrogens with one attached hydrogen (secondary N) is 1. The molecule has 7 heteroatoms. The Bertz CT molecular complexity index is 456. The van der Waals surface area contributed by atoms with E-state index in [4.69, 9.17) is 10.3 Å². The van der Waals surface area contributed by atoms with Crippen molar-refractivity contribution in [2.45, 2.75) is 19.9 Å². The zero-order chi connectivity index (χ0) is 15.1. The van der Waals surface area contributed by atoms with Crippen LogP contribution in [0.4, 0.5) is 0 Å². The van der Waals surface area contributed by atoms with E-state index in [1.54, 1.807) is 31.1 Å². The maximum absolute atomic E-state index is 11.8. The summed E-state index contributed by atoms with van der Waals surface area (Å²) in [5.41, 5.74) is 2.01. The van der Waals surface area contributed by atoms with Gasteiger partial charge < -0.3 is 9.32 Å². The van der Waals surface area contributed by atoms with E-state index >= 15 is 0 Å². The van der Waals surface area contributed by atoms with E-state index in [0.717, 1.165) is 13.0 Å². The van der Waals surface area contributed by atoms with Gasteiger partial charge in [0.1, 0.15) is 5.76 Å². The van der Waals surface area contributed by atoms with Crippen molar-refractivity contribution in [2.24, 2.45) is 5.84 Å². The fraction of sp³-hybridized carbons (Fsp3) is 0.538. The number of amides is 2. The lowest BCUT2D eigenvalue weighted by atomic mass is 10.3. The first-order chi connectivity index (χ1) is 9.47. The third-order valence-corrected chi connectivity index (χ3v) is 2.79. The van der Waals surface area contributed by atoms with Gasteiger partial charge in [0.05, 0.1) is 13.1 Å².